The maximum atomic E-state index is 11.0. The number of ether oxygens (including phenoxy) is 1. The van der Waals surface area contributed by atoms with E-state index in [2.05, 4.69) is 4.74 Å². The van der Waals surface area contributed by atoms with Gasteiger partial charge in [-0.3, -0.25) is 0 Å². The number of anilines is 1. The van der Waals surface area contributed by atoms with Crippen LogP contribution in [-0.4, -0.2) is 23.3 Å². The molecule has 0 saturated carbocycles. The smallest absolute Gasteiger partial charge is 0.341 e. The number of carbonyl (C=O) groups excluding carboxylic acids is 1. The highest BCUT2D eigenvalue weighted by Crippen LogP contribution is 2.34. The SMILES string of the molecule is COC(=O)c1ccc(N)c(O)c1O. The summed E-state index contributed by atoms with van der Waals surface area (Å²) in [6, 6.07) is 2.58. The molecule has 0 unspecified atom stereocenters. The molecule has 0 saturated heterocycles. The first-order chi connectivity index (χ1) is 6.07. The number of hydrogen-bond donors (Lipinski definition) is 3. The maximum absolute atomic E-state index is 11.0. The van der Waals surface area contributed by atoms with E-state index >= 15 is 0 Å². The number of benzene rings is 1. The zero-order valence-electron chi connectivity index (χ0n) is 6.94. The topological polar surface area (TPSA) is 92.8 Å². The normalized spacial score (nSPS) is 9.62. The van der Waals surface area contributed by atoms with E-state index in [4.69, 9.17) is 10.8 Å². The lowest BCUT2D eigenvalue weighted by Crippen LogP contribution is -2.02. The number of esters is 1. The fourth-order valence-electron chi connectivity index (χ4n) is 0.870. The van der Waals surface area contributed by atoms with Gasteiger partial charge in [0.25, 0.3) is 0 Å². The van der Waals surface area contributed by atoms with Crippen LogP contribution in [0.4, 0.5) is 5.69 Å². The minimum absolute atomic E-state index is 0.00477. The van der Waals surface area contributed by atoms with Gasteiger partial charge in [0.15, 0.2) is 11.5 Å². The molecular weight excluding hydrogens is 174 g/mol. The van der Waals surface area contributed by atoms with E-state index in [1.54, 1.807) is 0 Å². The largest absolute Gasteiger partial charge is 0.504 e. The van der Waals surface area contributed by atoms with Crippen molar-refractivity contribution in [1.82, 2.24) is 0 Å². The van der Waals surface area contributed by atoms with Crippen LogP contribution < -0.4 is 5.73 Å². The summed E-state index contributed by atoms with van der Waals surface area (Å²) >= 11 is 0. The molecule has 0 radical (unpaired) electrons. The number of rotatable bonds is 1. The Kier molecular flexibility index (Phi) is 2.27. The number of nitrogens with two attached hydrogens (primary N) is 1. The molecular formula is C8H9NO4. The van der Waals surface area contributed by atoms with Crippen molar-refractivity contribution in [2.24, 2.45) is 0 Å². The molecule has 0 aliphatic heterocycles. The van der Waals surface area contributed by atoms with Gasteiger partial charge in [0.1, 0.15) is 5.56 Å². The highest BCUT2D eigenvalue weighted by Gasteiger charge is 2.16. The van der Waals surface area contributed by atoms with Crippen molar-refractivity contribution in [1.29, 1.82) is 0 Å². The van der Waals surface area contributed by atoms with Crippen LogP contribution in [0.3, 0.4) is 0 Å². The predicted molar refractivity (Wildman–Crippen MR) is 45.5 cm³/mol. The standard InChI is InChI=1S/C8H9NO4/c1-13-8(12)4-2-3-5(9)7(11)6(4)10/h2-3,10-11H,9H2,1H3. The molecule has 0 bridgehead atoms. The van der Waals surface area contributed by atoms with Crippen LogP contribution in [0, 0.1) is 0 Å². The third-order valence-electron chi connectivity index (χ3n) is 1.59. The fourth-order valence-corrected chi connectivity index (χ4v) is 0.870. The average Bonchev–Trinajstić information content (AvgIpc) is 2.13. The lowest BCUT2D eigenvalue weighted by atomic mass is 10.1. The third-order valence-corrected chi connectivity index (χ3v) is 1.59. The number of hydrogen-bond acceptors (Lipinski definition) is 5. The van der Waals surface area contributed by atoms with E-state index in [-0.39, 0.29) is 11.3 Å². The van der Waals surface area contributed by atoms with Crippen molar-refractivity contribution >= 4 is 11.7 Å². The van der Waals surface area contributed by atoms with Gasteiger partial charge in [-0.15, -0.1) is 0 Å². The summed E-state index contributed by atoms with van der Waals surface area (Å²) in [6.07, 6.45) is 0. The summed E-state index contributed by atoms with van der Waals surface area (Å²) in [7, 11) is 1.18. The molecule has 70 valence electrons. The maximum Gasteiger partial charge on any atom is 0.341 e. The van der Waals surface area contributed by atoms with Crippen molar-refractivity contribution in [2.75, 3.05) is 12.8 Å². The van der Waals surface area contributed by atoms with Crippen LogP contribution in [-0.2, 0) is 4.74 Å². The minimum atomic E-state index is -0.729. The molecule has 1 aromatic rings. The first-order valence-electron chi connectivity index (χ1n) is 3.46. The summed E-state index contributed by atoms with van der Waals surface area (Å²) in [5, 5.41) is 18.4. The number of phenols is 2. The van der Waals surface area contributed by atoms with E-state index in [0.717, 1.165) is 0 Å². The summed E-state index contributed by atoms with van der Waals surface area (Å²) < 4.78 is 4.36. The molecule has 0 atom stereocenters. The van der Waals surface area contributed by atoms with Gasteiger partial charge >= 0.3 is 5.97 Å². The number of aromatic hydroxyl groups is 2. The van der Waals surface area contributed by atoms with E-state index < -0.39 is 17.5 Å². The highest BCUT2D eigenvalue weighted by atomic mass is 16.5. The van der Waals surface area contributed by atoms with Gasteiger partial charge < -0.3 is 20.7 Å². The Labute approximate surface area is 74.4 Å². The fraction of sp³-hybridized carbons (Fsp3) is 0.125. The van der Waals surface area contributed by atoms with Gasteiger partial charge in [-0.2, -0.15) is 0 Å². The molecule has 1 rings (SSSR count). The van der Waals surface area contributed by atoms with Gasteiger partial charge in [0.2, 0.25) is 0 Å². The number of carbonyl (C=O) groups is 1. The van der Waals surface area contributed by atoms with Crippen LogP contribution in [0.15, 0.2) is 12.1 Å². The Morgan fingerprint density at radius 2 is 2.00 bits per heavy atom. The van der Waals surface area contributed by atoms with Crippen LogP contribution in [0.1, 0.15) is 10.4 Å². The summed E-state index contributed by atoms with van der Waals surface area (Å²) in [6.45, 7) is 0. The lowest BCUT2D eigenvalue weighted by Gasteiger charge is -2.05. The predicted octanol–water partition coefficient (Wildman–Crippen LogP) is 0.467. The highest BCUT2D eigenvalue weighted by molar-refractivity contribution is 5.94. The lowest BCUT2D eigenvalue weighted by molar-refractivity contribution is 0.0597. The quantitative estimate of drug-likeness (QED) is 0.334. The van der Waals surface area contributed by atoms with Crippen LogP contribution in [0.5, 0.6) is 11.5 Å². The minimum Gasteiger partial charge on any atom is -0.504 e. The zero-order chi connectivity index (χ0) is 10.0. The second-order valence-corrected chi connectivity index (χ2v) is 2.39. The molecule has 4 N–H and O–H groups in total. The Morgan fingerprint density at radius 3 is 2.54 bits per heavy atom. The second-order valence-electron chi connectivity index (χ2n) is 2.39. The summed E-state index contributed by atoms with van der Waals surface area (Å²) in [5.41, 5.74) is 5.16. The van der Waals surface area contributed by atoms with Crippen molar-refractivity contribution in [2.45, 2.75) is 0 Å². The molecule has 0 amide bonds. The monoisotopic (exact) mass is 183 g/mol. The Hall–Kier alpha value is -1.91. The van der Waals surface area contributed by atoms with Gasteiger partial charge in [0, 0.05) is 0 Å². The number of methoxy groups -OCH3 is 1. The Morgan fingerprint density at radius 1 is 1.38 bits per heavy atom. The van der Waals surface area contributed by atoms with Gasteiger partial charge in [0.05, 0.1) is 12.8 Å². The molecule has 0 heterocycles. The van der Waals surface area contributed by atoms with Crippen LogP contribution in [0.2, 0.25) is 0 Å². The van der Waals surface area contributed by atoms with E-state index in [9.17, 15) is 9.90 Å². The van der Waals surface area contributed by atoms with Gasteiger partial charge in [-0.25, -0.2) is 4.79 Å². The van der Waals surface area contributed by atoms with Crippen molar-refractivity contribution < 1.29 is 19.7 Å². The number of phenolic OH excluding ortho intramolecular Hbond substituents is 2. The first kappa shape index (κ1) is 9.18. The van der Waals surface area contributed by atoms with Gasteiger partial charge in [-0.1, -0.05) is 0 Å². The van der Waals surface area contributed by atoms with Crippen LogP contribution >= 0.6 is 0 Å². The average molecular weight is 183 g/mol. The molecule has 0 aromatic heterocycles. The zero-order valence-corrected chi connectivity index (χ0v) is 6.94. The van der Waals surface area contributed by atoms with Crippen molar-refractivity contribution in [3.8, 4) is 11.5 Å². The molecule has 5 heteroatoms. The third kappa shape index (κ3) is 1.48. The molecule has 5 nitrogen and oxygen atoms in total. The molecule has 1 aromatic carbocycles. The first-order valence-corrected chi connectivity index (χ1v) is 3.46. The van der Waals surface area contributed by atoms with Crippen LogP contribution in [0.25, 0.3) is 0 Å². The van der Waals surface area contributed by atoms with E-state index in [1.165, 1.54) is 19.2 Å². The molecule has 0 aliphatic rings. The molecule has 0 aliphatic carbocycles. The summed E-state index contributed by atoms with van der Waals surface area (Å²) in [5.74, 6) is -1.80. The Balaban J connectivity index is 3.26. The van der Waals surface area contributed by atoms with E-state index in [1.807, 2.05) is 0 Å². The molecule has 0 fully saturated rings. The number of nitrogen functional groups attached to an aromatic ring is 1. The molecule has 13 heavy (non-hydrogen) atoms. The van der Waals surface area contributed by atoms with Crippen molar-refractivity contribution in [3.05, 3.63) is 17.7 Å². The summed E-state index contributed by atoms with van der Waals surface area (Å²) in [4.78, 5) is 11.0. The van der Waals surface area contributed by atoms with E-state index in [0.29, 0.717) is 0 Å². The van der Waals surface area contributed by atoms with Crippen molar-refractivity contribution in [3.63, 3.8) is 0 Å². The molecule has 0 spiro atoms. The Bertz CT molecular complexity index is 348. The van der Waals surface area contributed by atoms with Gasteiger partial charge in [-0.05, 0) is 12.1 Å². The second kappa shape index (κ2) is 3.22.